The van der Waals surface area contributed by atoms with Crippen molar-refractivity contribution in [2.45, 2.75) is 103 Å². The van der Waals surface area contributed by atoms with Crippen molar-refractivity contribution >= 4 is 5.97 Å². The molecular weight excluding hydrogens is 330 g/mol. The van der Waals surface area contributed by atoms with E-state index in [0.717, 1.165) is 12.8 Å². The van der Waals surface area contributed by atoms with Gasteiger partial charge in [-0.05, 0) is 6.42 Å². The summed E-state index contributed by atoms with van der Waals surface area (Å²) in [5, 5.41) is 19.7. The van der Waals surface area contributed by atoms with Crippen LogP contribution in [0.1, 0.15) is 97.3 Å². The Labute approximate surface area is 161 Å². The average molecular weight is 375 g/mol. The van der Waals surface area contributed by atoms with Gasteiger partial charge in [0.05, 0.1) is 27.1 Å². The standard InChI is InChI=1S/C21H43NO4/c1-5-7-8-9-10-11-12-13-14-15-16-17-18-26-21(25,6-2)22(3,4)19-20(23)24/h25H,5-19H2,1-4H3/p+1. The van der Waals surface area contributed by atoms with Gasteiger partial charge in [-0.2, -0.15) is 0 Å². The molecule has 0 aromatic heterocycles. The summed E-state index contributed by atoms with van der Waals surface area (Å²) in [5.74, 6) is -2.37. The van der Waals surface area contributed by atoms with Crippen LogP contribution >= 0.6 is 0 Å². The second-order valence-electron chi connectivity index (χ2n) is 8.07. The minimum absolute atomic E-state index is 0.0862. The van der Waals surface area contributed by atoms with E-state index in [4.69, 9.17) is 9.84 Å². The van der Waals surface area contributed by atoms with Crippen LogP contribution in [0.25, 0.3) is 0 Å². The highest BCUT2D eigenvalue weighted by Gasteiger charge is 2.45. The molecule has 26 heavy (non-hydrogen) atoms. The Balaban J connectivity index is 3.70. The van der Waals surface area contributed by atoms with Gasteiger partial charge in [-0.1, -0.05) is 84.5 Å². The smallest absolute Gasteiger partial charge is 0.359 e. The summed E-state index contributed by atoms with van der Waals surface area (Å²) < 4.78 is 5.61. The fourth-order valence-electron chi connectivity index (χ4n) is 3.35. The van der Waals surface area contributed by atoms with Gasteiger partial charge < -0.3 is 14.9 Å². The van der Waals surface area contributed by atoms with Crippen molar-refractivity contribution in [2.24, 2.45) is 0 Å². The first-order valence-corrected chi connectivity index (χ1v) is 10.7. The number of ether oxygens (including phenoxy) is 1. The molecule has 0 radical (unpaired) electrons. The molecule has 0 spiro atoms. The highest BCUT2D eigenvalue weighted by Crippen LogP contribution is 2.24. The van der Waals surface area contributed by atoms with Crippen molar-refractivity contribution in [1.82, 2.24) is 0 Å². The van der Waals surface area contributed by atoms with Crippen LogP contribution in [-0.4, -0.2) is 53.8 Å². The summed E-state index contributed by atoms with van der Waals surface area (Å²) in [5.41, 5.74) is 0. The molecule has 0 heterocycles. The molecule has 156 valence electrons. The van der Waals surface area contributed by atoms with Crippen LogP contribution in [0, 0.1) is 0 Å². The Hall–Kier alpha value is -0.650. The maximum atomic E-state index is 11.0. The molecule has 5 nitrogen and oxygen atoms in total. The van der Waals surface area contributed by atoms with Crippen LogP contribution in [-0.2, 0) is 9.53 Å². The van der Waals surface area contributed by atoms with E-state index in [1.165, 1.54) is 64.2 Å². The molecule has 0 aliphatic rings. The Kier molecular flexibility index (Phi) is 14.1. The molecule has 0 saturated heterocycles. The van der Waals surface area contributed by atoms with Gasteiger partial charge in [0, 0.05) is 0 Å². The summed E-state index contributed by atoms with van der Waals surface area (Å²) in [6.45, 7) is 4.39. The van der Waals surface area contributed by atoms with Crippen molar-refractivity contribution < 1.29 is 24.2 Å². The minimum Gasteiger partial charge on any atom is -0.477 e. The molecule has 0 aromatic carbocycles. The maximum Gasteiger partial charge on any atom is 0.359 e. The van der Waals surface area contributed by atoms with E-state index in [2.05, 4.69) is 6.92 Å². The van der Waals surface area contributed by atoms with Crippen LogP contribution in [0.5, 0.6) is 0 Å². The van der Waals surface area contributed by atoms with Crippen molar-refractivity contribution in [3.05, 3.63) is 0 Å². The molecule has 2 N–H and O–H groups in total. The predicted molar refractivity (Wildman–Crippen MR) is 107 cm³/mol. The second kappa shape index (κ2) is 14.4. The summed E-state index contributed by atoms with van der Waals surface area (Å²) >= 11 is 0. The van der Waals surface area contributed by atoms with E-state index in [0.29, 0.717) is 13.0 Å². The van der Waals surface area contributed by atoms with Crippen molar-refractivity contribution in [3.8, 4) is 0 Å². The van der Waals surface area contributed by atoms with Gasteiger partial charge in [-0.3, -0.25) is 4.48 Å². The molecule has 1 atom stereocenters. The number of quaternary nitrogens is 1. The first kappa shape index (κ1) is 25.4. The topological polar surface area (TPSA) is 66.8 Å². The highest BCUT2D eigenvalue weighted by molar-refractivity contribution is 5.67. The zero-order chi connectivity index (χ0) is 19.9. The number of unbranched alkanes of at least 4 members (excludes halogenated alkanes) is 11. The summed E-state index contributed by atoms with van der Waals surface area (Å²) in [7, 11) is 3.39. The van der Waals surface area contributed by atoms with Gasteiger partial charge in [0.2, 0.25) is 0 Å². The quantitative estimate of drug-likeness (QED) is 0.203. The fraction of sp³-hybridized carbons (Fsp3) is 0.952. The van der Waals surface area contributed by atoms with Gasteiger partial charge in [0.15, 0.2) is 6.54 Å². The molecule has 0 aromatic rings. The van der Waals surface area contributed by atoms with Crippen LogP contribution in [0.3, 0.4) is 0 Å². The number of likely N-dealkylation sites (N-methyl/N-ethyl adjacent to an activating group) is 1. The monoisotopic (exact) mass is 374 g/mol. The van der Waals surface area contributed by atoms with E-state index >= 15 is 0 Å². The predicted octanol–water partition coefficient (Wildman–Crippen LogP) is 4.92. The second-order valence-corrected chi connectivity index (χ2v) is 8.07. The zero-order valence-corrected chi connectivity index (χ0v) is 17.8. The Morgan fingerprint density at radius 3 is 1.65 bits per heavy atom. The first-order chi connectivity index (χ1) is 12.3. The lowest BCUT2D eigenvalue weighted by atomic mass is 10.1. The molecule has 1 unspecified atom stereocenters. The van der Waals surface area contributed by atoms with Gasteiger partial charge >= 0.3 is 11.9 Å². The molecule has 0 aliphatic carbocycles. The largest absolute Gasteiger partial charge is 0.477 e. The van der Waals surface area contributed by atoms with Gasteiger partial charge in [0.25, 0.3) is 0 Å². The normalized spacial score (nSPS) is 14.3. The van der Waals surface area contributed by atoms with E-state index in [9.17, 15) is 9.90 Å². The van der Waals surface area contributed by atoms with Gasteiger partial charge in [-0.15, -0.1) is 0 Å². The number of rotatable bonds is 18. The average Bonchev–Trinajstić information content (AvgIpc) is 2.57. The van der Waals surface area contributed by atoms with E-state index < -0.39 is 11.9 Å². The van der Waals surface area contributed by atoms with Gasteiger partial charge in [-0.25, -0.2) is 4.79 Å². The lowest BCUT2D eigenvalue weighted by Crippen LogP contribution is -2.62. The highest BCUT2D eigenvalue weighted by atomic mass is 16.7. The minimum atomic E-state index is -1.43. The number of hydrogen-bond acceptors (Lipinski definition) is 3. The summed E-state index contributed by atoms with van der Waals surface area (Å²) in [4.78, 5) is 11.0. The SMILES string of the molecule is CCCCCCCCCCCCCCOC(O)(CC)[N+](C)(C)CC(=O)O. The third-order valence-electron chi connectivity index (χ3n) is 5.27. The number of aliphatic hydroxyl groups is 1. The molecular formula is C21H44NO4+. The van der Waals surface area contributed by atoms with Crippen LogP contribution < -0.4 is 0 Å². The van der Waals surface area contributed by atoms with Crippen LogP contribution in [0.15, 0.2) is 0 Å². The summed E-state index contributed by atoms with van der Waals surface area (Å²) in [6, 6.07) is 0. The van der Waals surface area contributed by atoms with Crippen LogP contribution in [0.2, 0.25) is 0 Å². The lowest BCUT2D eigenvalue weighted by molar-refractivity contribution is -0.990. The summed E-state index contributed by atoms with van der Waals surface area (Å²) in [6.07, 6.45) is 15.7. The third kappa shape index (κ3) is 11.1. The zero-order valence-electron chi connectivity index (χ0n) is 17.8. The molecule has 0 fully saturated rings. The molecule has 0 bridgehead atoms. The number of hydrogen-bond donors (Lipinski definition) is 2. The lowest BCUT2D eigenvalue weighted by Gasteiger charge is -2.42. The molecule has 0 amide bonds. The third-order valence-corrected chi connectivity index (χ3v) is 5.27. The van der Waals surface area contributed by atoms with Crippen molar-refractivity contribution in [1.29, 1.82) is 0 Å². The van der Waals surface area contributed by atoms with Crippen molar-refractivity contribution in [3.63, 3.8) is 0 Å². The van der Waals surface area contributed by atoms with E-state index in [1.807, 2.05) is 6.92 Å². The Morgan fingerprint density at radius 1 is 0.846 bits per heavy atom. The number of carbonyl (C=O) groups is 1. The molecule has 5 heteroatoms. The number of carboxylic acids is 1. The van der Waals surface area contributed by atoms with Gasteiger partial charge in [0.1, 0.15) is 0 Å². The van der Waals surface area contributed by atoms with E-state index in [-0.39, 0.29) is 11.0 Å². The number of nitrogens with zero attached hydrogens (tertiary/aromatic N) is 1. The number of carboxylic acid groups (broad SMARTS) is 1. The molecule has 0 rings (SSSR count). The van der Waals surface area contributed by atoms with E-state index in [1.54, 1.807) is 14.1 Å². The Bertz CT molecular complexity index is 360. The molecule has 0 aliphatic heterocycles. The van der Waals surface area contributed by atoms with Crippen LogP contribution in [0.4, 0.5) is 0 Å². The molecule has 0 saturated carbocycles. The van der Waals surface area contributed by atoms with Crippen molar-refractivity contribution in [2.75, 3.05) is 27.2 Å². The number of aliphatic carboxylic acids is 1. The Morgan fingerprint density at radius 2 is 1.27 bits per heavy atom. The fourth-order valence-corrected chi connectivity index (χ4v) is 3.35. The first-order valence-electron chi connectivity index (χ1n) is 10.7. The maximum absolute atomic E-state index is 11.0.